The number of carbonyl (C=O) groups excluding carboxylic acids is 5. The number of pyridine rings is 1. The second kappa shape index (κ2) is 23.9. The Morgan fingerprint density at radius 3 is 2.32 bits per heavy atom. The lowest BCUT2D eigenvalue weighted by Crippen LogP contribution is -2.55. The highest BCUT2D eigenvalue weighted by molar-refractivity contribution is 7.92. The maximum Gasteiger partial charge on any atom is 0.264 e. The summed E-state index contributed by atoms with van der Waals surface area (Å²) in [5.74, 6) is -3.27. The zero-order valence-corrected chi connectivity index (χ0v) is 43.2. The van der Waals surface area contributed by atoms with E-state index in [4.69, 9.17) is 19.2 Å². The fourth-order valence-electron chi connectivity index (χ4n) is 10.2. The number of rotatable bonds is 24. The Kier molecular flexibility index (Phi) is 16.9. The predicted octanol–water partition coefficient (Wildman–Crippen LogP) is 4.22. The molecule has 4 aliphatic rings. The van der Waals surface area contributed by atoms with Gasteiger partial charge in [0.05, 0.1) is 79.7 Å². The summed E-state index contributed by atoms with van der Waals surface area (Å²) in [6.07, 6.45) is 8.65. The number of carbonyl (C=O) groups is 5. The van der Waals surface area contributed by atoms with Gasteiger partial charge in [-0.3, -0.25) is 38.9 Å². The Morgan fingerprint density at radius 2 is 1.59 bits per heavy atom. The van der Waals surface area contributed by atoms with Crippen LogP contribution >= 0.6 is 0 Å². The Balaban J connectivity index is 0.656. The largest absolute Gasteiger partial charge is 0.382 e. The summed E-state index contributed by atoms with van der Waals surface area (Å²) in [5.41, 5.74) is 2.04. The van der Waals surface area contributed by atoms with Gasteiger partial charge >= 0.3 is 0 Å². The monoisotopic (exact) mass is 1070 g/mol. The molecular formula is C52H61F2N11O10S. The van der Waals surface area contributed by atoms with Gasteiger partial charge < -0.3 is 38.8 Å². The van der Waals surface area contributed by atoms with Crippen molar-refractivity contribution in [1.29, 1.82) is 0 Å². The average molecular weight is 1070 g/mol. The van der Waals surface area contributed by atoms with Crippen LogP contribution in [-0.4, -0.2) is 176 Å². The number of nitrogens with zero attached hydrogens (tertiary/aromatic N) is 8. The van der Waals surface area contributed by atoms with Gasteiger partial charge in [0.1, 0.15) is 29.7 Å². The highest BCUT2D eigenvalue weighted by Gasteiger charge is 2.45. The Morgan fingerprint density at radius 1 is 0.868 bits per heavy atom. The minimum absolute atomic E-state index is 0.0449. The van der Waals surface area contributed by atoms with Gasteiger partial charge in [-0.05, 0) is 62.1 Å². The standard InChI is InChI=1S/C52H61F2N11O10S/c1-3-25-76(71,72)60-40-8-7-38(53)49(47(40)54)64-31-37(34-26-55-32-56-27-34)48-41(64)9-11-43(58-48)61(2)35-13-17-62(18-14-35)28-33-29-63(30-33)45(67)15-19-73-21-23-75-24-22-74-20-16-57-39-6-4-5-36-46(39)52(70)65(51(36)69)42-10-12-44(66)59-50(42)68/h4-9,11,26-27,31-33,35,42,57,60H,3,10,12-25,28-30H2,1-2H3,(H,59,66,68). The average Bonchev–Trinajstić information content (AvgIpc) is 3.89. The summed E-state index contributed by atoms with van der Waals surface area (Å²) in [5, 5.41) is 5.33. The number of imide groups is 2. The number of anilines is 3. The van der Waals surface area contributed by atoms with Crippen molar-refractivity contribution in [3.63, 3.8) is 0 Å². The van der Waals surface area contributed by atoms with Gasteiger partial charge in [-0.1, -0.05) is 13.0 Å². The second-order valence-corrected chi connectivity index (χ2v) is 21.1. The SMILES string of the molecule is CCCS(=O)(=O)Nc1ccc(F)c(-n2cc(-c3cncnc3)c3nc(N(C)C4CCN(CC5CN(C(=O)CCOCCOCCOCCNc6cccc7c6C(=O)N(C6CCC(=O)NC6=O)C7=O)C5)CC4)ccc32)c1F. The minimum atomic E-state index is -3.86. The summed E-state index contributed by atoms with van der Waals surface area (Å²) in [6.45, 7) is 8.01. The lowest BCUT2D eigenvalue weighted by Gasteiger charge is -2.44. The number of hydrogen-bond acceptors (Lipinski definition) is 16. The van der Waals surface area contributed by atoms with E-state index in [-0.39, 0.29) is 53.8 Å². The smallest absolute Gasteiger partial charge is 0.264 e. The number of halogens is 2. The first kappa shape index (κ1) is 53.8. The van der Waals surface area contributed by atoms with Crippen LogP contribution < -0.4 is 20.3 Å². The van der Waals surface area contributed by atoms with Crippen LogP contribution in [0.25, 0.3) is 27.8 Å². The molecule has 3 fully saturated rings. The fraction of sp³-hybridized carbons (Fsp3) is 0.462. The molecule has 3 aromatic heterocycles. The van der Waals surface area contributed by atoms with Crippen LogP contribution in [0.2, 0.25) is 0 Å². The normalized spacial score (nSPS) is 17.6. The van der Waals surface area contributed by atoms with E-state index in [0.29, 0.717) is 105 Å². The summed E-state index contributed by atoms with van der Waals surface area (Å²) < 4.78 is 77.2. The lowest BCUT2D eigenvalue weighted by molar-refractivity contribution is -0.139. The van der Waals surface area contributed by atoms with Crippen LogP contribution in [0.1, 0.15) is 66.2 Å². The molecular weight excluding hydrogens is 1010 g/mol. The number of ether oxygens (including phenoxy) is 3. The van der Waals surface area contributed by atoms with E-state index < -0.39 is 57.0 Å². The molecule has 3 N–H and O–H groups in total. The number of fused-ring (bicyclic) bond motifs is 2. The zero-order valence-electron chi connectivity index (χ0n) is 42.3. The molecule has 5 aromatic rings. The third kappa shape index (κ3) is 12.0. The number of nitrogens with one attached hydrogen (secondary N) is 3. The molecule has 404 valence electrons. The number of sulfonamides is 1. The number of hydrogen-bond donors (Lipinski definition) is 3. The van der Waals surface area contributed by atoms with E-state index in [1.807, 2.05) is 18.0 Å². The molecule has 9 rings (SSSR count). The van der Waals surface area contributed by atoms with E-state index >= 15 is 8.78 Å². The van der Waals surface area contributed by atoms with Gasteiger partial charge in [0.15, 0.2) is 5.82 Å². The van der Waals surface area contributed by atoms with Crippen LogP contribution in [0.5, 0.6) is 0 Å². The van der Waals surface area contributed by atoms with Crippen molar-refractivity contribution < 1.29 is 55.4 Å². The van der Waals surface area contributed by atoms with E-state index in [1.54, 1.807) is 43.7 Å². The van der Waals surface area contributed by atoms with Crippen molar-refractivity contribution in [2.75, 3.05) is 107 Å². The first-order valence-electron chi connectivity index (χ1n) is 25.5. The predicted molar refractivity (Wildman–Crippen MR) is 276 cm³/mol. The maximum atomic E-state index is 16.1. The maximum absolute atomic E-state index is 16.1. The summed E-state index contributed by atoms with van der Waals surface area (Å²) >= 11 is 0. The van der Waals surface area contributed by atoms with E-state index in [2.05, 4.69) is 35.1 Å². The van der Waals surface area contributed by atoms with Gasteiger partial charge in [0.2, 0.25) is 27.7 Å². The van der Waals surface area contributed by atoms with Crippen molar-refractivity contribution in [3.8, 4) is 16.8 Å². The molecule has 0 spiro atoms. The van der Waals surface area contributed by atoms with Crippen LogP contribution in [0, 0.1) is 17.6 Å². The number of likely N-dealkylation sites (tertiary alicyclic amines) is 2. The highest BCUT2D eigenvalue weighted by atomic mass is 32.2. The quantitative estimate of drug-likeness (QED) is 0.0579. The zero-order chi connectivity index (χ0) is 53.5. The second-order valence-electron chi connectivity index (χ2n) is 19.3. The van der Waals surface area contributed by atoms with Crippen molar-refractivity contribution in [2.45, 2.75) is 57.5 Å². The molecule has 21 nitrogen and oxygen atoms in total. The Labute approximate surface area is 438 Å². The van der Waals surface area contributed by atoms with Gasteiger partial charge in [0, 0.05) is 100 Å². The van der Waals surface area contributed by atoms with Crippen molar-refractivity contribution in [1.82, 2.24) is 39.5 Å². The summed E-state index contributed by atoms with van der Waals surface area (Å²) in [4.78, 5) is 83.9. The van der Waals surface area contributed by atoms with Gasteiger partial charge in [-0.2, -0.15) is 0 Å². The van der Waals surface area contributed by atoms with Gasteiger partial charge in [-0.15, -0.1) is 0 Å². The molecule has 0 saturated carbocycles. The van der Waals surface area contributed by atoms with Gasteiger partial charge in [0.25, 0.3) is 11.8 Å². The molecule has 76 heavy (non-hydrogen) atoms. The molecule has 5 amide bonds. The van der Waals surface area contributed by atoms with Crippen molar-refractivity contribution in [2.24, 2.45) is 5.92 Å². The lowest BCUT2D eigenvalue weighted by atomic mass is 9.96. The van der Waals surface area contributed by atoms with Gasteiger partial charge in [-0.25, -0.2) is 32.2 Å². The molecule has 7 heterocycles. The van der Waals surface area contributed by atoms with Crippen LogP contribution in [0.4, 0.5) is 26.0 Å². The third-order valence-electron chi connectivity index (χ3n) is 14.1. The molecule has 2 aromatic carbocycles. The molecule has 1 unspecified atom stereocenters. The topological polar surface area (TPSA) is 240 Å². The molecule has 4 aliphatic heterocycles. The molecule has 24 heteroatoms. The number of amides is 5. The number of benzene rings is 2. The highest BCUT2D eigenvalue weighted by Crippen LogP contribution is 2.37. The molecule has 0 radical (unpaired) electrons. The van der Waals surface area contributed by atoms with E-state index in [0.717, 1.165) is 49.5 Å². The molecule has 0 aliphatic carbocycles. The molecule has 3 saturated heterocycles. The van der Waals surface area contributed by atoms with E-state index in [1.165, 1.54) is 17.0 Å². The number of piperidine rings is 2. The minimum Gasteiger partial charge on any atom is -0.382 e. The van der Waals surface area contributed by atoms with Crippen molar-refractivity contribution in [3.05, 3.63) is 90.1 Å². The summed E-state index contributed by atoms with van der Waals surface area (Å²) in [7, 11) is -1.86. The third-order valence-corrected chi connectivity index (χ3v) is 15.6. The summed E-state index contributed by atoms with van der Waals surface area (Å²) in [6, 6.07) is 9.70. The van der Waals surface area contributed by atoms with E-state index in [9.17, 15) is 32.4 Å². The number of aromatic nitrogens is 4. The Hall–Kier alpha value is -6.99. The molecule has 0 bridgehead atoms. The van der Waals surface area contributed by atoms with Crippen molar-refractivity contribution >= 4 is 67.8 Å². The first-order valence-corrected chi connectivity index (χ1v) is 27.2. The fourth-order valence-corrected chi connectivity index (χ4v) is 11.3. The van der Waals surface area contributed by atoms with Crippen LogP contribution in [-0.2, 0) is 38.6 Å². The Bertz CT molecular complexity index is 3080. The molecule has 1 atom stereocenters. The van der Waals surface area contributed by atoms with Crippen LogP contribution in [0.15, 0.2) is 67.4 Å². The van der Waals surface area contributed by atoms with Crippen LogP contribution in [0.3, 0.4) is 0 Å². The first-order chi connectivity index (χ1) is 36.7.